The molecule has 1 amide bonds. The maximum atomic E-state index is 13.0. The summed E-state index contributed by atoms with van der Waals surface area (Å²) in [6, 6.07) is 0.587. The predicted octanol–water partition coefficient (Wildman–Crippen LogP) is 1.48. The number of rotatable bonds is 4. The van der Waals surface area contributed by atoms with Crippen LogP contribution >= 0.6 is 0 Å². The highest BCUT2D eigenvalue weighted by Crippen LogP contribution is 2.29. The SMILES string of the molecule is CC(C)N1CCC(C)(NC(=O)C2(N(C)C)CCOCC2)CC1. The van der Waals surface area contributed by atoms with Crippen LogP contribution in [-0.2, 0) is 9.53 Å². The Labute approximate surface area is 135 Å². The number of hydrogen-bond acceptors (Lipinski definition) is 4. The largest absolute Gasteiger partial charge is 0.381 e. The second-order valence-corrected chi connectivity index (χ2v) is 7.68. The van der Waals surface area contributed by atoms with Crippen LogP contribution in [0.5, 0.6) is 0 Å². The molecule has 22 heavy (non-hydrogen) atoms. The van der Waals surface area contributed by atoms with Crippen molar-refractivity contribution < 1.29 is 9.53 Å². The number of likely N-dealkylation sites (tertiary alicyclic amines) is 1. The van der Waals surface area contributed by atoms with E-state index < -0.39 is 5.54 Å². The summed E-state index contributed by atoms with van der Waals surface area (Å²) in [5.41, 5.74) is -0.486. The topological polar surface area (TPSA) is 44.8 Å². The van der Waals surface area contributed by atoms with Gasteiger partial charge in [0.1, 0.15) is 5.54 Å². The van der Waals surface area contributed by atoms with Gasteiger partial charge in [0.05, 0.1) is 0 Å². The lowest BCUT2D eigenvalue weighted by Crippen LogP contribution is -2.64. The Bertz CT molecular complexity index is 381. The summed E-state index contributed by atoms with van der Waals surface area (Å²) in [5.74, 6) is 0.182. The van der Waals surface area contributed by atoms with Crippen molar-refractivity contribution in [1.82, 2.24) is 15.1 Å². The molecule has 0 unspecified atom stereocenters. The molecule has 2 fully saturated rings. The van der Waals surface area contributed by atoms with Gasteiger partial charge < -0.3 is 15.0 Å². The molecule has 5 heteroatoms. The quantitative estimate of drug-likeness (QED) is 0.854. The van der Waals surface area contributed by atoms with Gasteiger partial charge in [-0.2, -0.15) is 0 Å². The molecule has 0 radical (unpaired) electrons. The summed E-state index contributed by atoms with van der Waals surface area (Å²) in [5, 5.41) is 3.38. The first-order valence-corrected chi connectivity index (χ1v) is 8.61. The minimum absolute atomic E-state index is 0.0796. The Morgan fingerprint density at radius 1 is 1.14 bits per heavy atom. The van der Waals surface area contributed by atoms with E-state index in [9.17, 15) is 4.79 Å². The second-order valence-electron chi connectivity index (χ2n) is 7.68. The van der Waals surface area contributed by atoms with E-state index in [0.29, 0.717) is 19.3 Å². The van der Waals surface area contributed by atoms with E-state index in [-0.39, 0.29) is 11.4 Å². The molecule has 0 aromatic heterocycles. The van der Waals surface area contributed by atoms with Gasteiger partial charge in [0.2, 0.25) is 5.91 Å². The molecule has 2 aliphatic heterocycles. The number of likely N-dealkylation sites (N-methyl/N-ethyl adjacent to an activating group) is 1. The first kappa shape index (κ1) is 17.7. The number of amides is 1. The van der Waals surface area contributed by atoms with Gasteiger partial charge in [-0.25, -0.2) is 0 Å². The molecule has 0 bridgehead atoms. The molecule has 0 atom stereocenters. The van der Waals surface area contributed by atoms with E-state index in [1.54, 1.807) is 0 Å². The minimum Gasteiger partial charge on any atom is -0.381 e. The lowest BCUT2D eigenvalue weighted by atomic mass is 9.84. The highest BCUT2D eigenvalue weighted by Gasteiger charge is 2.45. The molecule has 5 nitrogen and oxygen atoms in total. The normalized spacial score (nSPS) is 25.4. The van der Waals surface area contributed by atoms with Gasteiger partial charge in [-0.3, -0.25) is 9.69 Å². The smallest absolute Gasteiger partial charge is 0.241 e. The van der Waals surface area contributed by atoms with Gasteiger partial charge in [0, 0.05) is 37.9 Å². The fourth-order valence-corrected chi connectivity index (χ4v) is 3.64. The van der Waals surface area contributed by atoms with Crippen LogP contribution in [0.25, 0.3) is 0 Å². The molecular formula is C17H33N3O2. The lowest BCUT2D eigenvalue weighted by Gasteiger charge is -2.46. The predicted molar refractivity (Wildman–Crippen MR) is 89.0 cm³/mol. The van der Waals surface area contributed by atoms with Crippen LogP contribution in [0.1, 0.15) is 46.5 Å². The lowest BCUT2D eigenvalue weighted by molar-refractivity contribution is -0.140. The van der Waals surface area contributed by atoms with Crippen molar-refractivity contribution in [2.24, 2.45) is 0 Å². The van der Waals surface area contributed by atoms with E-state index in [0.717, 1.165) is 38.8 Å². The maximum Gasteiger partial charge on any atom is 0.241 e. The van der Waals surface area contributed by atoms with Gasteiger partial charge in [0.15, 0.2) is 0 Å². The Morgan fingerprint density at radius 3 is 2.14 bits per heavy atom. The first-order valence-electron chi connectivity index (χ1n) is 8.61. The third-order valence-electron chi connectivity index (χ3n) is 5.65. The van der Waals surface area contributed by atoms with Gasteiger partial charge in [-0.15, -0.1) is 0 Å². The number of piperidine rings is 1. The molecule has 2 heterocycles. The monoisotopic (exact) mass is 311 g/mol. The highest BCUT2D eigenvalue weighted by atomic mass is 16.5. The molecule has 128 valence electrons. The number of hydrogen-bond donors (Lipinski definition) is 1. The number of nitrogens with zero attached hydrogens (tertiary/aromatic N) is 2. The average molecular weight is 311 g/mol. The van der Waals surface area contributed by atoms with Crippen molar-refractivity contribution in [1.29, 1.82) is 0 Å². The van der Waals surface area contributed by atoms with E-state index in [4.69, 9.17) is 4.74 Å². The van der Waals surface area contributed by atoms with E-state index in [1.807, 2.05) is 14.1 Å². The molecule has 2 aliphatic rings. The highest BCUT2D eigenvalue weighted by molar-refractivity contribution is 5.87. The molecule has 0 aromatic carbocycles. The molecule has 0 spiro atoms. The summed E-state index contributed by atoms with van der Waals surface area (Å²) in [4.78, 5) is 17.6. The van der Waals surface area contributed by atoms with E-state index in [2.05, 4.69) is 35.9 Å². The van der Waals surface area contributed by atoms with Gasteiger partial charge in [0.25, 0.3) is 0 Å². The fourth-order valence-electron chi connectivity index (χ4n) is 3.64. The first-order chi connectivity index (χ1) is 10.3. The Hall–Kier alpha value is -0.650. The van der Waals surface area contributed by atoms with Gasteiger partial charge in [-0.05, 0) is 60.5 Å². The van der Waals surface area contributed by atoms with Crippen LogP contribution in [0.2, 0.25) is 0 Å². The molecule has 0 aromatic rings. The number of nitrogens with one attached hydrogen (secondary N) is 1. The van der Waals surface area contributed by atoms with Crippen molar-refractivity contribution in [2.75, 3.05) is 40.4 Å². The molecule has 1 N–H and O–H groups in total. The van der Waals surface area contributed by atoms with Crippen LogP contribution in [0, 0.1) is 0 Å². The van der Waals surface area contributed by atoms with E-state index >= 15 is 0 Å². The Balaban J connectivity index is 2.01. The standard InChI is InChI=1S/C17H33N3O2/c1-14(2)20-10-6-16(3,7-11-20)18-15(21)17(19(4)5)8-12-22-13-9-17/h14H,6-13H2,1-5H3,(H,18,21). The summed E-state index contributed by atoms with van der Waals surface area (Å²) in [6.45, 7) is 10.1. The van der Waals surface area contributed by atoms with Crippen molar-refractivity contribution in [3.8, 4) is 0 Å². The molecule has 2 rings (SSSR count). The second kappa shape index (κ2) is 6.85. The maximum absolute atomic E-state index is 13.0. The minimum atomic E-state index is -0.406. The van der Waals surface area contributed by atoms with Crippen LogP contribution < -0.4 is 5.32 Å². The average Bonchev–Trinajstić information content (AvgIpc) is 2.47. The van der Waals surface area contributed by atoms with Crippen molar-refractivity contribution >= 4 is 5.91 Å². The van der Waals surface area contributed by atoms with Crippen LogP contribution in [0.15, 0.2) is 0 Å². The van der Waals surface area contributed by atoms with Gasteiger partial charge >= 0.3 is 0 Å². The number of carbonyl (C=O) groups excluding carboxylic acids is 1. The zero-order valence-electron chi connectivity index (χ0n) is 14.9. The summed E-state index contributed by atoms with van der Waals surface area (Å²) in [7, 11) is 4.02. The van der Waals surface area contributed by atoms with Crippen LogP contribution in [0.3, 0.4) is 0 Å². The van der Waals surface area contributed by atoms with E-state index in [1.165, 1.54) is 0 Å². The number of ether oxygens (including phenoxy) is 1. The van der Waals surface area contributed by atoms with Crippen LogP contribution in [0.4, 0.5) is 0 Å². The molecule has 0 aliphatic carbocycles. The molecule has 2 saturated heterocycles. The Kier molecular flexibility index (Phi) is 5.51. The van der Waals surface area contributed by atoms with Crippen molar-refractivity contribution in [2.45, 2.75) is 63.6 Å². The third kappa shape index (κ3) is 3.63. The Morgan fingerprint density at radius 2 is 1.68 bits per heavy atom. The zero-order valence-corrected chi connectivity index (χ0v) is 14.9. The molecular weight excluding hydrogens is 278 g/mol. The summed E-state index contributed by atoms with van der Waals surface area (Å²) in [6.07, 6.45) is 3.61. The van der Waals surface area contributed by atoms with Gasteiger partial charge in [-0.1, -0.05) is 0 Å². The zero-order chi connectivity index (χ0) is 16.4. The summed E-state index contributed by atoms with van der Waals surface area (Å²) >= 11 is 0. The fraction of sp³-hybridized carbons (Fsp3) is 0.941. The number of carbonyl (C=O) groups is 1. The summed E-state index contributed by atoms with van der Waals surface area (Å²) < 4.78 is 5.47. The van der Waals surface area contributed by atoms with Crippen LogP contribution in [-0.4, -0.2) is 73.2 Å². The van der Waals surface area contributed by atoms with Crippen molar-refractivity contribution in [3.05, 3.63) is 0 Å². The van der Waals surface area contributed by atoms with Crippen molar-refractivity contribution in [3.63, 3.8) is 0 Å². The third-order valence-corrected chi connectivity index (χ3v) is 5.65. The molecule has 0 saturated carbocycles.